The van der Waals surface area contributed by atoms with E-state index in [2.05, 4.69) is 26.6 Å². The summed E-state index contributed by atoms with van der Waals surface area (Å²) in [6.07, 6.45) is 0. The Morgan fingerprint density at radius 1 is 1.20 bits per heavy atom. The van der Waals surface area contributed by atoms with Gasteiger partial charge in [-0.05, 0) is 35.9 Å². The van der Waals surface area contributed by atoms with E-state index in [0.717, 1.165) is 10.0 Å². The van der Waals surface area contributed by atoms with Crippen molar-refractivity contribution in [2.75, 3.05) is 5.32 Å². The third kappa shape index (κ3) is 4.15. The SMILES string of the molecule is O=C(NCc1ccc(Br)cc1)Nc1cc(Cl)ccc1O. The van der Waals surface area contributed by atoms with Gasteiger partial charge in [-0.1, -0.05) is 39.7 Å². The zero-order valence-corrected chi connectivity index (χ0v) is 12.7. The number of carbonyl (C=O) groups is 1. The van der Waals surface area contributed by atoms with E-state index in [1.165, 1.54) is 12.1 Å². The molecule has 4 nitrogen and oxygen atoms in total. The third-order valence-corrected chi connectivity index (χ3v) is 3.34. The minimum Gasteiger partial charge on any atom is -0.506 e. The highest BCUT2D eigenvalue weighted by Crippen LogP contribution is 2.26. The van der Waals surface area contributed by atoms with Crippen LogP contribution in [-0.4, -0.2) is 11.1 Å². The molecule has 0 unspecified atom stereocenters. The second kappa shape index (κ2) is 6.63. The molecule has 0 heterocycles. The number of anilines is 1. The average molecular weight is 356 g/mol. The van der Waals surface area contributed by atoms with Crippen LogP contribution < -0.4 is 10.6 Å². The van der Waals surface area contributed by atoms with E-state index in [0.29, 0.717) is 11.6 Å². The summed E-state index contributed by atoms with van der Waals surface area (Å²) >= 11 is 9.15. The number of aromatic hydroxyl groups is 1. The monoisotopic (exact) mass is 354 g/mol. The predicted octanol–water partition coefficient (Wildman–Crippen LogP) is 4.13. The number of phenolic OH excluding ortho intramolecular Hbond substituents is 1. The molecule has 2 rings (SSSR count). The molecule has 0 aliphatic carbocycles. The number of rotatable bonds is 3. The van der Waals surface area contributed by atoms with Crippen LogP contribution in [0.3, 0.4) is 0 Å². The number of hydrogen-bond donors (Lipinski definition) is 3. The first kappa shape index (κ1) is 14.7. The van der Waals surface area contributed by atoms with Crippen LogP contribution in [0.15, 0.2) is 46.9 Å². The number of urea groups is 1. The van der Waals surface area contributed by atoms with Gasteiger partial charge >= 0.3 is 6.03 Å². The Morgan fingerprint density at radius 2 is 1.90 bits per heavy atom. The summed E-state index contributed by atoms with van der Waals surface area (Å²) in [7, 11) is 0. The minimum absolute atomic E-state index is 0.0341. The first-order chi connectivity index (χ1) is 9.54. The van der Waals surface area contributed by atoms with Gasteiger partial charge in [-0.2, -0.15) is 0 Å². The molecule has 0 aliphatic heterocycles. The quantitative estimate of drug-likeness (QED) is 0.725. The zero-order chi connectivity index (χ0) is 14.5. The van der Waals surface area contributed by atoms with E-state index in [-0.39, 0.29) is 11.4 Å². The van der Waals surface area contributed by atoms with Crippen LogP contribution in [0.5, 0.6) is 5.75 Å². The standard InChI is InChI=1S/C14H12BrClN2O2/c15-10-3-1-9(2-4-10)8-17-14(20)18-12-7-11(16)5-6-13(12)19/h1-7,19H,8H2,(H2,17,18,20). The van der Waals surface area contributed by atoms with Crippen molar-refractivity contribution in [3.05, 3.63) is 57.5 Å². The summed E-state index contributed by atoms with van der Waals surface area (Å²) in [6.45, 7) is 0.389. The molecule has 3 N–H and O–H groups in total. The van der Waals surface area contributed by atoms with Crippen LogP contribution in [0.4, 0.5) is 10.5 Å². The molecule has 0 radical (unpaired) electrons. The lowest BCUT2D eigenvalue weighted by Gasteiger charge is -2.09. The number of phenols is 1. The Morgan fingerprint density at radius 3 is 2.60 bits per heavy atom. The molecule has 0 aliphatic rings. The normalized spacial score (nSPS) is 10.1. The molecule has 20 heavy (non-hydrogen) atoms. The lowest BCUT2D eigenvalue weighted by atomic mass is 10.2. The molecule has 0 bridgehead atoms. The lowest BCUT2D eigenvalue weighted by Crippen LogP contribution is -2.28. The summed E-state index contributed by atoms with van der Waals surface area (Å²) in [4.78, 5) is 11.7. The van der Waals surface area contributed by atoms with E-state index in [1.54, 1.807) is 6.07 Å². The van der Waals surface area contributed by atoms with Crippen molar-refractivity contribution in [2.24, 2.45) is 0 Å². The maximum atomic E-state index is 11.7. The summed E-state index contributed by atoms with van der Waals surface area (Å²) in [6, 6.07) is 11.6. The van der Waals surface area contributed by atoms with E-state index >= 15 is 0 Å². The van der Waals surface area contributed by atoms with Gasteiger partial charge in [0.15, 0.2) is 0 Å². The predicted molar refractivity (Wildman–Crippen MR) is 83.1 cm³/mol. The first-order valence-electron chi connectivity index (χ1n) is 5.82. The van der Waals surface area contributed by atoms with Crippen molar-refractivity contribution < 1.29 is 9.90 Å². The Balaban J connectivity index is 1.92. The van der Waals surface area contributed by atoms with Crippen molar-refractivity contribution in [3.8, 4) is 5.75 Å². The van der Waals surface area contributed by atoms with Crippen LogP contribution in [0.1, 0.15) is 5.56 Å². The highest BCUT2D eigenvalue weighted by atomic mass is 79.9. The molecule has 104 valence electrons. The molecule has 2 aromatic rings. The van der Waals surface area contributed by atoms with Gasteiger partial charge in [-0.25, -0.2) is 4.79 Å². The number of nitrogens with one attached hydrogen (secondary N) is 2. The fourth-order valence-corrected chi connectivity index (χ4v) is 2.00. The number of benzene rings is 2. The van der Waals surface area contributed by atoms with Crippen LogP contribution >= 0.6 is 27.5 Å². The van der Waals surface area contributed by atoms with E-state index in [1.807, 2.05) is 24.3 Å². The second-order valence-electron chi connectivity index (χ2n) is 4.10. The maximum Gasteiger partial charge on any atom is 0.319 e. The fourth-order valence-electron chi connectivity index (χ4n) is 1.56. The van der Waals surface area contributed by atoms with Gasteiger partial charge in [0.1, 0.15) is 5.75 Å². The zero-order valence-electron chi connectivity index (χ0n) is 10.4. The maximum absolute atomic E-state index is 11.7. The van der Waals surface area contributed by atoms with Gasteiger partial charge in [0, 0.05) is 16.0 Å². The molecule has 0 atom stereocenters. The van der Waals surface area contributed by atoms with Crippen molar-refractivity contribution in [3.63, 3.8) is 0 Å². The molecule has 2 amide bonds. The Kier molecular flexibility index (Phi) is 4.87. The topological polar surface area (TPSA) is 61.4 Å². The molecular formula is C14H12BrClN2O2. The van der Waals surface area contributed by atoms with Crippen LogP contribution in [0.2, 0.25) is 5.02 Å². The summed E-state index contributed by atoms with van der Waals surface area (Å²) in [5, 5.41) is 15.3. The van der Waals surface area contributed by atoms with Crippen LogP contribution in [0.25, 0.3) is 0 Å². The van der Waals surface area contributed by atoms with Gasteiger partial charge in [0.25, 0.3) is 0 Å². The molecule has 0 fully saturated rings. The van der Waals surface area contributed by atoms with Crippen molar-refractivity contribution in [1.29, 1.82) is 0 Å². The fraction of sp³-hybridized carbons (Fsp3) is 0.0714. The molecule has 0 saturated carbocycles. The number of hydrogen-bond acceptors (Lipinski definition) is 2. The van der Waals surface area contributed by atoms with Gasteiger partial charge in [0.05, 0.1) is 5.69 Å². The van der Waals surface area contributed by atoms with Crippen molar-refractivity contribution in [1.82, 2.24) is 5.32 Å². The highest BCUT2D eigenvalue weighted by Gasteiger charge is 2.06. The van der Waals surface area contributed by atoms with E-state index in [9.17, 15) is 9.90 Å². The minimum atomic E-state index is -0.412. The molecule has 0 saturated heterocycles. The first-order valence-corrected chi connectivity index (χ1v) is 6.99. The van der Waals surface area contributed by atoms with Gasteiger partial charge in [-0.15, -0.1) is 0 Å². The van der Waals surface area contributed by atoms with Crippen LogP contribution in [0, 0.1) is 0 Å². The molecule has 0 spiro atoms. The van der Waals surface area contributed by atoms with Gasteiger partial charge in [-0.3, -0.25) is 0 Å². The average Bonchev–Trinajstić information content (AvgIpc) is 2.42. The van der Waals surface area contributed by atoms with E-state index < -0.39 is 6.03 Å². The van der Waals surface area contributed by atoms with Crippen LogP contribution in [-0.2, 0) is 6.54 Å². The van der Waals surface area contributed by atoms with Crippen molar-refractivity contribution >= 4 is 39.2 Å². The summed E-state index contributed by atoms with van der Waals surface area (Å²) in [5.74, 6) is -0.0341. The van der Waals surface area contributed by atoms with E-state index in [4.69, 9.17) is 11.6 Å². The molecular weight excluding hydrogens is 344 g/mol. The highest BCUT2D eigenvalue weighted by molar-refractivity contribution is 9.10. The van der Waals surface area contributed by atoms with Gasteiger partial charge < -0.3 is 15.7 Å². The molecule has 6 heteroatoms. The van der Waals surface area contributed by atoms with Gasteiger partial charge in [0.2, 0.25) is 0 Å². The number of carbonyl (C=O) groups excluding carboxylic acids is 1. The second-order valence-corrected chi connectivity index (χ2v) is 5.45. The lowest BCUT2D eigenvalue weighted by molar-refractivity contribution is 0.251. The Bertz CT molecular complexity index is 617. The summed E-state index contributed by atoms with van der Waals surface area (Å²) in [5.41, 5.74) is 1.24. The summed E-state index contributed by atoms with van der Waals surface area (Å²) < 4.78 is 0.981. The number of amides is 2. The Labute approximate surface area is 129 Å². The van der Waals surface area contributed by atoms with Crippen molar-refractivity contribution in [2.45, 2.75) is 6.54 Å². The molecule has 2 aromatic carbocycles. The third-order valence-electron chi connectivity index (χ3n) is 2.57. The number of halogens is 2. The Hall–Kier alpha value is -1.72. The smallest absolute Gasteiger partial charge is 0.319 e. The largest absolute Gasteiger partial charge is 0.506 e. The molecule has 0 aromatic heterocycles.